The fraction of sp³-hybridized carbons (Fsp3) is 0.300. The lowest BCUT2D eigenvalue weighted by Crippen LogP contribution is -2.18. The zero-order valence-electron chi connectivity index (χ0n) is 15.7. The molecule has 0 aliphatic heterocycles. The number of rotatable bonds is 9. The fourth-order valence-electron chi connectivity index (χ4n) is 2.31. The molecule has 0 aromatic heterocycles. The molecule has 0 aliphatic carbocycles. The first-order chi connectivity index (χ1) is 13.1. The standard InChI is InChI=1S/C20H24N2O5/c1-4-25-17-11-15(12-18(26-5-2)19(17)27-6-3)20(24)22-21-13-14-7-9-16(23)10-8-14/h7-13,23H,4-6H2,1-3H3,(H,22,24). The van der Waals surface area contributed by atoms with Crippen LogP contribution in [0.25, 0.3) is 0 Å². The molecule has 0 heterocycles. The maximum Gasteiger partial charge on any atom is 0.271 e. The number of hydrogen-bond donors (Lipinski definition) is 2. The van der Waals surface area contributed by atoms with Gasteiger partial charge in [0.2, 0.25) is 5.75 Å². The number of carbonyl (C=O) groups excluding carboxylic acids is 1. The van der Waals surface area contributed by atoms with Gasteiger partial charge in [0.05, 0.1) is 26.0 Å². The Labute approximate surface area is 158 Å². The molecule has 2 rings (SSSR count). The zero-order chi connectivity index (χ0) is 19.6. The highest BCUT2D eigenvalue weighted by atomic mass is 16.5. The van der Waals surface area contributed by atoms with E-state index in [0.717, 1.165) is 5.56 Å². The molecule has 0 bridgehead atoms. The number of nitrogens with zero attached hydrogens (tertiary/aromatic N) is 1. The van der Waals surface area contributed by atoms with Crippen molar-refractivity contribution < 1.29 is 24.1 Å². The van der Waals surface area contributed by atoms with Crippen molar-refractivity contribution in [2.24, 2.45) is 5.10 Å². The van der Waals surface area contributed by atoms with E-state index < -0.39 is 5.91 Å². The van der Waals surface area contributed by atoms with Crippen molar-refractivity contribution in [2.45, 2.75) is 20.8 Å². The quantitative estimate of drug-likeness (QED) is 0.520. The topological polar surface area (TPSA) is 89.4 Å². The molecule has 7 nitrogen and oxygen atoms in total. The Bertz CT molecular complexity index is 760. The van der Waals surface area contributed by atoms with Gasteiger partial charge < -0.3 is 19.3 Å². The summed E-state index contributed by atoms with van der Waals surface area (Å²) >= 11 is 0. The Morgan fingerprint density at radius 2 is 1.56 bits per heavy atom. The molecule has 7 heteroatoms. The minimum Gasteiger partial charge on any atom is -0.508 e. The van der Waals surface area contributed by atoms with Crippen LogP contribution in [0, 0.1) is 0 Å². The molecule has 0 saturated carbocycles. The highest BCUT2D eigenvalue weighted by molar-refractivity contribution is 5.96. The molecule has 0 unspecified atom stereocenters. The third-order valence-corrected chi connectivity index (χ3v) is 3.44. The van der Waals surface area contributed by atoms with Crippen LogP contribution in [0.1, 0.15) is 36.7 Å². The van der Waals surface area contributed by atoms with Crippen molar-refractivity contribution in [3.8, 4) is 23.0 Å². The number of ether oxygens (including phenoxy) is 3. The van der Waals surface area contributed by atoms with Crippen molar-refractivity contribution in [3.05, 3.63) is 47.5 Å². The molecule has 2 aromatic rings. The third-order valence-electron chi connectivity index (χ3n) is 3.44. The number of hydrazone groups is 1. The van der Waals surface area contributed by atoms with E-state index in [9.17, 15) is 9.90 Å². The van der Waals surface area contributed by atoms with Gasteiger partial charge >= 0.3 is 0 Å². The second-order valence-corrected chi connectivity index (χ2v) is 5.39. The molecule has 0 atom stereocenters. The van der Waals surface area contributed by atoms with Crippen LogP contribution < -0.4 is 19.6 Å². The first-order valence-corrected chi connectivity index (χ1v) is 8.77. The van der Waals surface area contributed by atoms with E-state index in [-0.39, 0.29) is 5.75 Å². The lowest BCUT2D eigenvalue weighted by molar-refractivity contribution is 0.0954. The van der Waals surface area contributed by atoms with Crippen molar-refractivity contribution in [1.82, 2.24) is 5.43 Å². The summed E-state index contributed by atoms with van der Waals surface area (Å²) in [5.41, 5.74) is 3.55. The van der Waals surface area contributed by atoms with Crippen LogP contribution in [-0.2, 0) is 0 Å². The number of phenolic OH excluding ortho intramolecular Hbond substituents is 1. The largest absolute Gasteiger partial charge is 0.508 e. The summed E-state index contributed by atoms with van der Waals surface area (Å²) in [6, 6.07) is 9.64. The van der Waals surface area contributed by atoms with Gasteiger partial charge in [-0.1, -0.05) is 0 Å². The number of phenols is 1. The summed E-state index contributed by atoms with van der Waals surface area (Å²) in [4.78, 5) is 12.5. The van der Waals surface area contributed by atoms with Crippen LogP contribution in [0.15, 0.2) is 41.5 Å². The summed E-state index contributed by atoms with van der Waals surface area (Å²) in [5.74, 6) is 1.12. The van der Waals surface area contributed by atoms with Gasteiger partial charge in [0.25, 0.3) is 5.91 Å². The van der Waals surface area contributed by atoms with Gasteiger partial charge in [0, 0.05) is 5.56 Å². The molecule has 27 heavy (non-hydrogen) atoms. The number of carbonyl (C=O) groups is 1. The Kier molecular flexibility index (Phi) is 7.49. The lowest BCUT2D eigenvalue weighted by Gasteiger charge is -2.16. The minimum absolute atomic E-state index is 0.164. The number of amides is 1. The van der Waals surface area contributed by atoms with Gasteiger partial charge in [-0.15, -0.1) is 0 Å². The monoisotopic (exact) mass is 372 g/mol. The molecule has 2 aromatic carbocycles. The maximum absolute atomic E-state index is 12.5. The summed E-state index contributed by atoms with van der Waals surface area (Å²) in [7, 11) is 0. The average Bonchev–Trinajstić information content (AvgIpc) is 2.66. The highest BCUT2D eigenvalue weighted by Gasteiger charge is 2.18. The minimum atomic E-state index is -0.407. The molecule has 2 N–H and O–H groups in total. The van der Waals surface area contributed by atoms with E-state index >= 15 is 0 Å². The van der Waals surface area contributed by atoms with E-state index in [4.69, 9.17) is 14.2 Å². The van der Waals surface area contributed by atoms with E-state index in [1.54, 1.807) is 36.4 Å². The van der Waals surface area contributed by atoms with Crippen LogP contribution >= 0.6 is 0 Å². The molecular weight excluding hydrogens is 348 g/mol. The number of benzene rings is 2. The second-order valence-electron chi connectivity index (χ2n) is 5.39. The molecule has 0 fully saturated rings. The van der Waals surface area contributed by atoms with E-state index in [2.05, 4.69) is 10.5 Å². The highest BCUT2D eigenvalue weighted by Crippen LogP contribution is 2.39. The smallest absolute Gasteiger partial charge is 0.271 e. The Balaban J connectivity index is 2.21. The third kappa shape index (κ3) is 5.64. The van der Waals surface area contributed by atoms with Crippen LogP contribution in [0.2, 0.25) is 0 Å². The maximum atomic E-state index is 12.5. The Hall–Kier alpha value is -3.22. The van der Waals surface area contributed by atoms with Gasteiger partial charge in [-0.3, -0.25) is 4.79 Å². The van der Waals surface area contributed by atoms with Crippen LogP contribution in [0.3, 0.4) is 0 Å². The number of nitrogens with one attached hydrogen (secondary N) is 1. The molecule has 0 aliphatic rings. The normalized spacial score (nSPS) is 10.6. The predicted octanol–water partition coefficient (Wildman–Crippen LogP) is 3.35. The average molecular weight is 372 g/mol. The summed E-state index contributed by atoms with van der Waals surface area (Å²) in [5, 5.41) is 13.2. The zero-order valence-corrected chi connectivity index (χ0v) is 15.7. The molecular formula is C20H24N2O5. The molecule has 0 spiro atoms. The van der Waals surface area contributed by atoms with Crippen LogP contribution in [-0.4, -0.2) is 37.0 Å². The summed E-state index contributed by atoms with van der Waals surface area (Å²) in [6.45, 7) is 6.87. The summed E-state index contributed by atoms with van der Waals surface area (Å²) in [6.07, 6.45) is 1.48. The molecule has 0 saturated heterocycles. The van der Waals surface area contributed by atoms with Crippen molar-refractivity contribution >= 4 is 12.1 Å². The SMILES string of the molecule is CCOc1cc(C(=O)NN=Cc2ccc(O)cc2)cc(OCC)c1OCC. The van der Waals surface area contributed by atoms with Crippen molar-refractivity contribution in [1.29, 1.82) is 0 Å². The number of aromatic hydroxyl groups is 1. The van der Waals surface area contributed by atoms with E-state index in [1.165, 1.54) is 6.21 Å². The molecule has 0 radical (unpaired) electrons. The van der Waals surface area contributed by atoms with Gasteiger partial charge in [-0.05, 0) is 62.7 Å². The second kappa shape index (κ2) is 10.1. The first-order valence-electron chi connectivity index (χ1n) is 8.77. The Morgan fingerprint density at radius 1 is 1.00 bits per heavy atom. The lowest BCUT2D eigenvalue weighted by atomic mass is 10.1. The Morgan fingerprint density at radius 3 is 2.07 bits per heavy atom. The van der Waals surface area contributed by atoms with Gasteiger partial charge in [-0.25, -0.2) is 5.43 Å². The number of hydrogen-bond acceptors (Lipinski definition) is 6. The van der Waals surface area contributed by atoms with E-state index in [1.807, 2.05) is 20.8 Å². The summed E-state index contributed by atoms with van der Waals surface area (Å²) < 4.78 is 16.8. The van der Waals surface area contributed by atoms with Crippen molar-refractivity contribution in [3.63, 3.8) is 0 Å². The van der Waals surface area contributed by atoms with Gasteiger partial charge in [0.1, 0.15) is 5.75 Å². The fourth-order valence-corrected chi connectivity index (χ4v) is 2.31. The van der Waals surface area contributed by atoms with E-state index in [0.29, 0.717) is 42.6 Å². The predicted molar refractivity (Wildman–Crippen MR) is 103 cm³/mol. The van der Waals surface area contributed by atoms with Crippen molar-refractivity contribution in [2.75, 3.05) is 19.8 Å². The van der Waals surface area contributed by atoms with Gasteiger partial charge in [-0.2, -0.15) is 5.10 Å². The first kappa shape index (κ1) is 20.1. The van der Waals surface area contributed by atoms with Crippen LogP contribution in [0.4, 0.5) is 0 Å². The van der Waals surface area contributed by atoms with Gasteiger partial charge in [0.15, 0.2) is 11.5 Å². The van der Waals surface area contributed by atoms with Crippen LogP contribution in [0.5, 0.6) is 23.0 Å². The molecule has 144 valence electrons. The molecule has 1 amide bonds.